The number of aromatic carboxylic acids is 1. The van der Waals surface area contributed by atoms with Gasteiger partial charge in [-0.15, -0.1) is 0 Å². The van der Waals surface area contributed by atoms with Crippen LogP contribution in [0.15, 0.2) is 72.8 Å². The molecule has 0 spiro atoms. The number of carbonyl (C=O) groups is 2. The number of carboxylic acid groups (broad SMARTS) is 1. The van der Waals surface area contributed by atoms with Crippen molar-refractivity contribution in [2.75, 3.05) is 24.7 Å². The highest BCUT2D eigenvalue weighted by atomic mass is 16.6. The summed E-state index contributed by atoms with van der Waals surface area (Å²) in [6.45, 7) is -0.0318. The van der Waals surface area contributed by atoms with Gasteiger partial charge in [-0.05, 0) is 46.5 Å². The predicted octanol–water partition coefficient (Wildman–Crippen LogP) is 4.13. The fraction of sp³-hybridized carbons (Fsp3) is 0.167. The molecular weight excluding hydrogens is 382 g/mol. The minimum Gasteiger partial charge on any atom is -0.478 e. The topological polar surface area (TPSA) is 87.1 Å². The highest BCUT2D eigenvalue weighted by Crippen LogP contribution is 2.44. The van der Waals surface area contributed by atoms with Crippen molar-refractivity contribution in [2.45, 2.75) is 5.92 Å². The average Bonchev–Trinajstić information content (AvgIpc) is 3.10. The fourth-order valence-electron chi connectivity index (χ4n) is 3.88. The van der Waals surface area contributed by atoms with Crippen LogP contribution in [0.1, 0.15) is 27.4 Å². The minimum atomic E-state index is -1.05. The SMILES string of the molecule is O=C(O)c1ccc(N(CCO)C(=O)OCC2c3ccccc3-c3ccccc32)cc1. The van der Waals surface area contributed by atoms with Crippen molar-refractivity contribution in [2.24, 2.45) is 0 Å². The molecule has 3 aromatic carbocycles. The molecule has 0 saturated carbocycles. The molecule has 0 heterocycles. The van der Waals surface area contributed by atoms with Crippen molar-refractivity contribution in [3.05, 3.63) is 89.5 Å². The summed E-state index contributed by atoms with van der Waals surface area (Å²) in [5.74, 6) is -1.11. The summed E-state index contributed by atoms with van der Waals surface area (Å²) in [5, 5.41) is 18.4. The Hall–Kier alpha value is -3.64. The number of anilines is 1. The zero-order valence-corrected chi connectivity index (χ0v) is 16.2. The Labute approximate surface area is 174 Å². The number of hydrogen-bond donors (Lipinski definition) is 2. The van der Waals surface area contributed by atoms with E-state index < -0.39 is 12.1 Å². The van der Waals surface area contributed by atoms with Gasteiger partial charge in [0.05, 0.1) is 18.7 Å². The van der Waals surface area contributed by atoms with Crippen molar-refractivity contribution in [1.82, 2.24) is 0 Å². The van der Waals surface area contributed by atoms with Crippen molar-refractivity contribution >= 4 is 17.7 Å². The molecule has 6 nitrogen and oxygen atoms in total. The number of aliphatic hydroxyl groups is 1. The van der Waals surface area contributed by atoms with Gasteiger partial charge in [-0.25, -0.2) is 9.59 Å². The van der Waals surface area contributed by atoms with E-state index in [-0.39, 0.29) is 31.2 Å². The third-order valence-corrected chi connectivity index (χ3v) is 5.31. The summed E-state index contributed by atoms with van der Waals surface area (Å²) in [5.41, 5.74) is 5.11. The minimum absolute atomic E-state index is 0.0447. The van der Waals surface area contributed by atoms with E-state index in [1.54, 1.807) is 0 Å². The Kier molecular flexibility index (Phi) is 5.50. The van der Waals surface area contributed by atoms with Crippen LogP contribution in [0.25, 0.3) is 11.1 Å². The van der Waals surface area contributed by atoms with E-state index in [9.17, 15) is 14.7 Å². The quantitative estimate of drug-likeness (QED) is 0.646. The Morgan fingerprint density at radius 1 is 0.867 bits per heavy atom. The Morgan fingerprint density at radius 2 is 1.43 bits per heavy atom. The summed E-state index contributed by atoms with van der Waals surface area (Å²) in [4.78, 5) is 25.2. The molecule has 0 saturated heterocycles. The van der Waals surface area contributed by atoms with Crippen LogP contribution in [-0.4, -0.2) is 42.0 Å². The molecule has 6 heteroatoms. The molecular formula is C24H21NO5. The lowest BCUT2D eigenvalue weighted by molar-refractivity contribution is 0.0697. The highest BCUT2D eigenvalue weighted by Gasteiger charge is 2.29. The number of carboxylic acids is 1. The number of carbonyl (C=O) groups excluding carboxylic acids is 1. The Balaban J connectivity index is 1.53. The molecule has 0 radical (unpaired) electrons. The summed E-state index contributed by atoms with van der Waals surface area (Å²) in [6, 6.07) is 22.0. The van der Waals surface area contributed by atoms with Crippen LogP contribution in [0.5, 0.6) is 0 Å². The first-order valence-electron chi connectivity index (χ1n) is 9.67. The van der Waals surface area contributed by atoms with Crippen LogP contribution in [0.4, 0.5) is 10.5 Å². The first kappa shape index (κ1) is 19.7. The maximum absolute atomic E-state index is 12.8. The van der Waals surface area contributed by atoms with Gasteiger partial charge in [0.15, 0.2) is 0 Å². The lowest BCUT2D eigenvalue weighted by Crippen LogP contribution is -2.35. The van der Waals surface area contributed by atoms with E-state index >= 15 is 0 Å². The van der Waals surface area contributed by atoms with E-state index in [0.29, 0.717) is 5.69 Å². The first-order chi connectivity index (χ1) is 14.6. The second-order valence-electron chi connectivity index (χ2n) is 7.03. The lowest BCUT2D eigenvalue weighted by Gasteiger charge is -2.23. The molecule has 152 valence electrons. The number of aliphatic hydroxyl groups excluding tert-OH is 1. The van der Waals surface area contributed by atoms with Crippen molar-refractivity contribution in [3.63, 3.8) is 0 Å². The second-order valence-corrected chi connectivity index (χ2v) is 7.03. The van der Waals surface area contributed by atoms with Gasteiger partial charge in [0.2, 0.25) is 0 Å². The van der Waals surface area contributed by atoms with Gasteiger partial charge in [0, 0.05) is 11.6 Å². The van der Waals surface area contributed by atoms with Crippen LogP contribution >= 0.6 is 0 Å². The van der Waals surface area contributed by atoms with Crippen molar-refractivity contribution in [3.8, 4) is 11.1 Å². The van der Waals surface area contributed by atoms with Gasteiger partial charge in [-0.2, -0.15) is 0 Å². The van der Waals surface area contributed by atoms with Gasteiger partial charge >= 0.3 is 12.1 Å². The maximum Gasteiger partial charge on any atom is 0.414 e. The number of ether oxygens (including phenoxy) is 1. The number of fused-ring (bicyclic) bond motifs is 3. The molecule has 0 atom stereocenters. The van der Waals surface area contributed by atoms with Gasteiger partial charge in [0.1, 0.15) is 6.61 Å². The lowest BCUT2D eigenvalue weighted by atomic mass is 9.98. The molecule has 1 aliphatic carbocycles. The molecule has 0 unspecified atom stereocenters. The number of rotatable bonds is 6. The number of hydrogen-bond acceptors (Lipinski definition) is 4. The third-order valence-electron chi connectivity index (χ3n) is 5.31. The number of benzene rings is 3. The second kappa shape index (κ2) is 8.39. The van der Waals surface area contributed by atoms with E-state index in [0.717, 1.165) is 22.3 Å². The monoisotopic (exact) mass is 403 g/mol. The average molecular weight is 403 g/mol. The zero-order valence-electron chi connectivity index (χ0n) is 16.2. The highest BCUT2D eigenvalue weighted by molar-refractivity contribution is 5.91. The Morgan fingerprint density at radius 3 is 1.97 bits per heavy atom. The standard InChI is InChI=1S/C24H21NO5/c26-14-13-25(17-11-9-16(10-12-17)23(27)28)24(29)30-15-22-20-7-3-1-5-18(20)19-6-2-4-8-21(19)22/h1-12,22,26H,13-15H2,(H,27,28). The summed E-state index contributed by atoms with van der Waals surface area (Å²) in [7, 11) is 0. The summed E-state index contributed by atoms with van der Waals surface area (Å²) < 4.78 is 5.65. The molecule has 2 N–H and O–H groups in total. The molecule has 1 aliphatic rings. The predicted molar refractivity (Wildman–Crippen MR) is 113 cm³/mol. The van der Waals surface area contributed by atoms with Gasteiger partial charge in [-0.3, -0.25) is 4.90 Å². The maximum atomic E-state index is 12.8. The third kappa shape index (κ3) is 3.65. The van der Waals surface area contributed by atoms with Crippen LogP contribution in [0.3, 0.4) is 0 Å². The van der Waals surface area contributed by atoms with Gasteiger partial charge < -0.3 is 14.9 Å². The van der Waals surface area contributed by atoms with E-state index in [4.69, 9.17) is 9.84 Å². The normalized spacial score (nSPS) is 12.2. The molecule has 4 rings (SSSR count). The van der Waals surface area contributed by atoms with Crippen LogP contribution in [-0.2, 0) is 4.74 Å². The number of amides is 1. The fourth-order valence-corrected chi connectivity index (χ4v) is 3.88. The molecule has 30 heavy (non-hydrogen) atoms. The molecule has 0 aromatic heterocycles. The molecule has 0 bridgehead atoms. The summed E-state index contributed by atoms with van der Waals surface area (Å²) >= 11 is 0. The van der Waals surface area contributed by atoms with Crippen molar-refractivity contribution < 1.29 is 24.5 Å². The van der Waals surface area contributed by atoms with Gasteiger partial charge in [-0.1, -0.05) is 48.5 Å². The largest absolute Gasteiger partial charge is 0.478 e. The van der Waals surface area contributed by atoms with E-state index in [1.807, 2.05) is 36.4 Å². The van der Waals surface area contributed by atoms with E-state index in [2.05, 4.69) is 12.1 Å². The number of nitrogens with zero attached hydrogens (tertiary/aromatic N) is 1. The van der Waals surface area contributed by atoms with Crippen LogP contribution in [0.2, 0.25) is 0 Å². The van der Waals surface area contributed by atoms with Crippen molar-refractivity contribution in [1.29, 1.82) is 0 Å². The van der Waals surface area contributed by atoms with Crippen LogP contribution < -0.4 is 4.90 Å². The zero-order chi connectivity index (χ0) is 21.1. The van der Waals surface area contributed by atoms with Crippen LogP contribution in [0, 0.1) is 0 Å². The summed E-state index contributed by atoms with van der Waals surface area (Å²) in [6.07, 6.45) is -0.589. The molecule has 3 aromatic rings. The first-order valence-corrected chi connectivity index (χ1v) is 9.67. The Bertz CT molecular complexity index is 1030. The molecule has 0 aliphatic heterocycles. The van der Waals surface area contributed by atoms with E-state index in [1.165, 1.54) is 29.2 Å². The molecule has 0 fully saturated rings. The smallest absolute Gasteiger partial charge is 0.414 e. The van der Waals surface area contributed by atoms with Gasteiger partial charge in [0.25, 0.3) is 0 Å². The molecule has 1 amide bonds.